The number of rotatable bonds is 5. The summed E-state index contributed by atoms with van der Waals surface area (Å²) in [5.41, 5.74) is 19.2. The molecule has 0 heterocycles. The molecule has 0 saturated carbocycles. The van der Waals surface area contributed by atoms with Crippen molar-refractivity contribution in [1.82, 2.24) is 0 Å². The highest BCUT2D eigenvalue weighted by molar-refractivity contribution is 5.90. The normalized spacial score (nSPS) is 14.4. The first-order valence-electron chi connectivity index (χ1n) is 17.4. The number of hydrogen-bond donors (Lipinski definition) is 0. The van der Waals surface area contributed by atoms with E-state index >= 15 is 0 Å². The van der Waals surface area contributed by atoms with Gasteiger partial charge in [-0.15, -0.1) is 0 Å². The van der Waals surface area contributed by atoms with E-state index in [1.165, 1.54) is 72.4 Å². The Bertz CT molecular complexity index is 2380. The Morgan fingerprint density at radius 2 is 0.735 bits per heavy atom. The number of nitrogens with zero attached hydrogens (tertiary/aromatic N) is 1. The van der Waals surface area contributed by atoms with Crippen LogP contribution in [0.5, 0.6) is 0 Å². The van der Waals surface area contributed by atoms with E-state index in [1.54, 1.807) is 0 Å². The summed E-state index contributed by atoms with van der Waals surface area (Å²) in [6.45, 7) is 9.42. The molecule has 49 heavy (non-hydrogen) atoms. The van der Waals surface area contributed by atoms with Gasteiger partial charge >= 0.3 is 0 Å². The predicted octanol–water partition coefficient (Wildman–Crippen LogP) is 13.1. The van der Waals surface area contributed by atoms with E-state index in [-0.39, 0.29) is 10.8 Å². The molecule has 0 amide bonds. The molecule has 0 radical (unpaired) electrons. The number of anilines is 3. The van der Waals surface area contributed by atoms with Crippen LogP contribution in [0.15, 0.2) is 164 Å². The molecule has 0 aliphatic heterocycles. The number of hydrogen-bond acceptors (Lipinski definition) is 1. The Morgan fingerprint density at radius 1 is 0.306 bits per heavy atom. The van der Waals surface area contributed by atoms with Crippen LogP contribution >= 0.6 is 0 Å². The topological polar surface area (TPSA) is 3.24 Å². The van der Waals surface area contributed by atoms with Crippen LogP contribution in [0.25, 0.3) is 44.5 Å². The van der Waals surface area contributed by atoms with Crippen molar-refractivity contribution in [2.24, 2.45) is 0 Å². The maximum absolute atomic E-state index is 2.44. The van der Waals surface area contributed by atoms with Gasteiger partial charge in [-0.05, 0) is 103 Å². The molecule has 236 valence electrons. The Labute approximate surface area is 290 Å². The average Bonchev–Trinajstić information content (AvgIpc) is 3.52. The zero-order chi connectivity index (χ0) is 33.3. The first-order valence-corrected chi connectivity index (χ1v) is 17.4. The highest BCUT2D eigenvalue weighted by Crippen LogP contribution is 2.53. The molecule has 0 unspecified atom stereocenters. The molecule has 0 bridgehead atoms. The zero-order valence-corrected chi connectivity index (χ0v) is 28.5. The second-order valence-electron chi connectivity index (χ2n) is 14.6. The third-order valence-corrected chi connectivity index (χ3v) is 11.1. The van der Waals surface area contributed by atoms with Crippen molar-refractivity contribution in [1.29, 1.82) is 0 Å². The van der Waals surface area contributed by atoms with Gasteiger partial charge < -0.3 is 4.90 Å². The molecule has 7 aromatic carbocycles. The lowest BCUT2D eigenvalue weighted by atomic mass is 9.82. The Hall–Kier alpha value is -5.66. The summed E-state index contributed by atoms with van der Waals surface area (Å²) in [6.07, 6.45) is 0. The predicted molar refractivity (Wildman–Crippen MR) is 207 cm³/mol. The van der Waals surface area contributed by atoms with E-state index in [2.05, 4.69) is 196 Å². The van der Waals surface area contributed by atoms with E-state index in [1.807, 2.05) is 0 Å². The van der Waals surface area contributed by atoms with E-state index in [0.29, 0.717) is 0 Å². The van der Waals surface area contributed by atoms with Gasteiger partial charge in [0, 0.05) is 27.9 Å². The summed E-state index contributed by atoms with van der Waals surface area (Å²) in [6, 6.07) is 60.5. The van der Waals surface area contributed by atoms with Crippen LogP contribution in [0.1, 0.15) is 49.9 Å². The van der Waals surface area contributed by atoms with E-state index < -0.39 is 0 Å². The molecule has 0 saturated heterocycles. The molecule has 0 spiro atoms. The Kier molecular flexibility index (Phi) is 6.58. The largest absolute Gasteiger partial charge is 0.310 e. The maximum atomic E-state index is 2.44. The van der Waals surface area contributed by atoms with Gasteiger partial charge in [0.2, 0.25) is 0 Å². The van der Waals surface area contributed by atoms with Gasteiger partial charge in [0.25, 0.3) is 0 Å². The van der Waals surface area contributed by atoms with Gasteiger partial charge in [0.05, 0.1) is 0 Å². The second kappa shape index (κ2) is 10.9. The van der Waals surface area contributed by atoms with Crippen LogP contribution in [0, 0.1) is 0 Å². The molecular weight excluding hydrogens is 591 g/mol. The van der Waals surface area contributed by atoms with Crippen molar-refractivity contribution >= 4 is 17.1 Å². The minimum atomic E-state index is -0.0838. The fourth-order valence-corrected chi connectivity index (χ4v) is 8.52. The van der Waals surface area contributed by atoms with Crippen molar-refractivity contribution in [3.8, 4) is 44.5 Å². The van der Waals surface area contributed by atoms with Gasteiger partial charge in [-0.2, -0.15) is 0 Å². The molecule has 1 nitrogen and oxygen atoms in total. The van der Waals surface area contributed by atoms with Crippen molar-refractivity contribution in [2.45, 2.75) is 38.5 Å². The molecule has 0 N–H and O–H groups in total. The third kappa shape index (κ3) is 4.53. The first kappa shape index (κ1) is 29.5. The Morgan fingerprint density at radius 3 is 1.39 bits per heavy atom. The van der Waals surface area contributed by atoms with Crippen LogP contribution in [0.3, 0.4) is 0 Å². The van der Waals surface area contributed by atoms with Gasteiger partial charge in [-0.3, -0.25) is 0 Å². The summed E-state index contributed by atoms with van der Waals surface area (Å²) in [4.78, 5) is 2.44. The van der Waals surface area contributed by atoms with Crippen LogP contribution in [-0.2, 0) is 10.8 Å². The summed E-state index contributed by atoms with van der Waals surface area (Å²) >= 11 is 0. The Balaban J connectivity index is 1.20. The van der Waals surface area contributed by atoms with Crippen LogP contribution in [0.2, 0.25) is 0 Å². The minimum absolute atomic E-state index is 0.0353. The van der Waals surface area contributed by atoms with Gasteiger partial charge in [0.1, 0.15) is 0 Å². The molecule has 2 aliphatic carbocycles. The second-order valence-corrected chi connectivity index (χ2v) is 14.6. The fourth-order valence-electron chi connectivity index (χ4n) is 8.52. The smallest absolute Gasteiger partial charge is 0.0468 e. The molecule has 1 heteroatoms. The highest BCUT2D eigenvalue weighted by Gasteiger charge is 2.37. The lowest BCUT2D eigenvalue weighted by Crippen LogP contribution is -2.17. The summed E-state index contributed by atoms with van der Waals surface area (Å²) in [5, 5.41) is 0. The quantitative estimate of drug-likeness (QED) is 0.183. The maximum Gasteiger partial charge on any atom is 0.0468 e. The molecule has 0 atom stereocenters. The SMILES string of the molecule is CC1(C)c2ccccc2-c2cc(N(c3ccc(-c4ccccc4-c4ccccc4)cc3)c3ccc4c(c3)C(C)(C)c3ccccc3-4)ccc21. The van der Waals surface area contributed by atoms with Crippen LogP contribution in [0.4, 0.5) is 17.1 Å². The molecule has 2 aliphatic rings. The summed E-state index contributed by atoms with van der Waals surface area (Å²) in [5.74, 6) is 0. The monoisotopic (exact) mass is 629 g/mol. The van der Waals surface area contributed by atoms with Crippen LogP contribution < -0.4 is 4.90 Å². The van der Waals surface area contributed by atoms with Crippen molar-refractivity contribution in [3.05, 3.63) is 186 Å². The van der Waals surface area contributed by atoms with Gasteiger partial charge in [0.15, 0.2) is 0 Å². The first-order chi connectivity index (χ1) is 23.8. The highest BCUT2D eigenvalue weighted by atomic mass is 15.1. The lowest BCUT2D eigenvalue weighted by molar-refractivity contribution is 0.660. The van der Waals surface area contributed by atoms with E-state index in [9.17, 15) is 0 Å². The third-order valence-electron chi connectivity index (χ3n) is 11.1. The molecule has 9 rings (SSSR count). The van der Waals surface area contributed by atoms with Crippen LogP contribution in [-0.4, -0.2) is 0 Å². The lowest BCUT2D eigenvalue weighted by Gasteiger charge is -2.29. The van der Waals surface area contributed by atoms with Crippen molar-refractivity contribution in [3.63, 3.8) is 0 Å². The fraction of sp³-hybridized carbons (Fsp3) is 0.125. The standard InChI is InChI=1S/C48H39N/c1-47(2)44-21-13-11-19-40(44)42-30-35(27-29-45(42)47)49(36-26-28-41-39-18-10-12-20-43(39)48(3,4)46(41)31-36)34-24-22-33(23-25-34)38-17-9-8-16-37(38)32-14-6-5-7-15-32/h5-31H,1-4H3. The summed E-state index contributed by atoms with van der Waals surface area (Å²) in [7, 11) is 0. The van der Waals surface area contributed by atoms with Crippen molar-refractivity contribution < 1.29 is 0 Å². The van der Waals surface area contributed by atoms with Gasteiger partial charge in [-0.1, -0.05) is 155 Å². The number of fused-ring (bicyclic) bond motifs is 6. The summed E-state index contributed by atoms with van der Waals surface area (Å²) < 4.78 is 0. The molecule has 0 fully saturated rings. The molecule has 7 aromatic rings. The minimum Gasteiger partial charge on any atom is -0.310 e. The van der Waals surface area contributed by atoms with Crippen molar-refractivity contribution in [2.75, 3.05) is 4.90 Å². The number of benzene rings is 7. The van der Waals surface area contributed by atoms with Gasteiger partial charge in [-0.25, -0.2) is 0 Å². The average molecular weight is 630 g/mol. The molecule has 0 aromatic heterocycles. The molecular formula is C48H39N. The van der Waals surface area contributed by atoms with E-state index in [0.717, 1.165) is 11.4 Å². The zero-order valence-electron chi connectivity index (χ0n) is 28.5. The van der Waals surface area contributed by atoms with E-state index in [4.69, 9.17) is 0 Å².